The van der Waals surface area contributed by atoms with Gasteiger partial charge in [0.25, 0.3) is 5.91 Å². The largest absolute Gasteiger partial charge is 0.462 e. The number of ether oxygens (including phenoxy) is 1. The van der Waals surface area contributed by atoms with Crippen LogP contribution in [0.3, 0.4) is 0 Å². The molecule has 0 saturated carbocycles. The quantitative estimate of drug-likeness (QED) is 0.862. The summed E-state index contributed by atoms with van der Waals surface area (Å²) in [5.41, 5.74) is 1.54. The second-order valence-corrected chi connectivity index (χ2v) is 6.81. The maximum Gasteiger partial charge on any atom is 0.341 e. The normalized spacial score (nSPS) is 16.7. The Morgan fingerprint density at radius 2 is 2.30 bits per heavy atom. The molecular formula is C17H19NO4S. The molecule has 0 radical (unpaired) electrons. The topological polar surface area (TPSA) is 68.5 Å². The molecule has 1 aliphatic carbocycles. The predicted molar refractivity (Wildman–Crippen MR) is 88.1 cm³/mol. The molecule has 0 aromatic carbocycles. The van der Waals surface area contributed by atoms with E-state index < -0.39 is 0 Å². The van der Waals surface area contributed by atoms with Crippen molar-refractivity contribution < 1.29 is 18.7 Å². The second kappa shape index (κ2) is 6.58. The molecular weight excluding hydrogens is 314 g/mol. The Labute approximate surface area is 138 Å². The fourth-order valence-corrected chi connectivity index (χ4v) is 4.07. The number of nitrogens with one attached hydrogen (secondary N) is 1. The highest BCUT2D eigenvalue weighted by molar-refractivity contribution is 7.17. The van der Waals surface area contributed by atoms with E-state index in [1.54, 1.807) is 19.1 Å². The number of amides is 1. The number of furan rings is 1. The molecule has 0 fully saturated rings. The summed E-state index contributed by atoms with van der Waals surface area (Å²) in [6, 6.07) is 3.25. The summed E-state index contributed by atoms with van der Waals surface area (Å²) in [5.74, 6) is 0.0273. The van der Waals surface area contributed by atoms with Crippen molar-refractivity contribution in [3.8, 4) is 0 Å². The fraction of sp³-hybridized carbons (Fsp3) is 0.412. The van der Waals surface area contributed by atoms with Gasteiger partial charge in [-0.05, 0) is 49.8 Å². The van der Waals surface area contributed by atoms with Crippen LogP contribution in [0, 0.1) is 5.92 Å². The van der Waals surface area contributed by atoms with E-state index in [0.717, 1.165) is 24.8 Å². The van der Waals surface area contributed by atoms with Gasteiger partial charge in [0, 0.05) is 4.88 Å². The third-order valence-electron chi connectivity index (χ3n) is 3.96. The molecule has 0 bridgehead atoms. The van der Waals surface area contributed by atoms with Crippen LogP contribution in [0.1, 0.15) is 51.6 Å². The molecule has 1 N–H and O–H groups in total. The molecule has 0 spiro atoms. The van der Waals surface area contributed by atoms with Crippen LogP contribution < -0.4 is 5.32 Å². The van der Waals surface area contributed by atoms with Gasteiger partial charge in [0.15, 0.2) is 5.76 Å². The van der Waals surface area contributed by atoms with Crippen molar-refractivity contribution in [3.63, 3.8) is 0 Å². The third-order valence-corrected chi connectivity index (χ3v) is 5.17. The number of carbonyl (C=O) groups excluding carboxylic acids is 2. The summed E-state index contributed by atoms with van der Waals surface area (Å²) in [4.78, 5) is 25.8. The van der Waals surface area contributed by atoms with Crippen molar-refractivity contribution in [1.82, 2.24) is 0 Å². The molecule has 2 aromatic heterocycles. The molecule has 3 rings (SSSR count). The number of thiophene rings is 1. The van der Waals surface area contributed by atoms with Crippen molar-refractivity contribution >= 4 is 28.2 Å². The monoisotopic (exact) mass is 333 g/mol. The molecule has 122 valence electrons. The van der Waals surface area contributed by atoms with E-state index in [-0.39, 0.29) is 17.6 Å². The Hall–Kier alpha value is -2.08. The zero-order chi connectivity index (χ0) is 16.4. The lowest BCUT2D eigenvalue weighted by atomic mass is 9.88. The van der Waals surface area contributed by atoms with Gasteiger partial charge in [0.2, 0.25) is 0 Å². The average molecular weight is 333 g/mol. The molecule has 0 aliphatic heterocycles. The number of fused-ring (bicyclic) bond motifs is 1. The van der Waals surface area contributed by atoms with Gasteiger partial charge in [-0.15, -0.1) is 11.3 Å². The van der Waals surface area contributed by atoms with Crippen molar-refractivity contribution in [1.29, 1.82) is 0 Å². The predicted octanol–water partition coefficient (Wildman–Crippen LogP) is 3.89. The van der Waals surface area contributed by atoms with Gasteiger partial charge >= 0.3 is 5.97 Å². The van der Waals surface area contributed by atoms with Crippen LogP contribution in [0.5, 0.6) is 0 Å². The second-order valence-electron chi connectivity index (χ2n) is 5.71. The molecule has 1 atom stereocenters. The Kier molecular flexibility index (Phi) is 4.52. The molecule has 6 heteroatoms. The minimum absolute atomic E-state index is 0.222. The number of hydrogen-bond donors (Lipinski definition) is 1. The number of hydrogen-bond acceptors (Lipinski definition) is 5. The maximum absolute atomic E-state index is 12.4. The van der Waals surface area contributed by atoms with Crippen LogP contribution >= 0.6 is 11.3 Å². The van der Waals surface area contributed by atoms with Crippen LogP contribution in [0.2, 0.25) is 0 Å². The van der Waals surface area contributed by atoms with E-state index in [4.69, 9.17) is 9.15 Å². The van der Waals surface area contributed by atoms with Crippen LogP contribution in [0.25, 0.3) is 0 Å². The van der Waals surface area contributed by atoms with Gasteiger partial charge < -0.3 is 14.5 Å². The first-order valence-corrected chi connectivity index (χ1v) is 8.58. The zero-order valence-corrected chi connectivity index (χ0v) is 14.0. The molecule has 1 unspecified atom stereocenters. The summed E-state index contributed by atoms with van der Waals surface area (Å²) in [7, 11) is 0. The average Bonchev–Trinajstić information content (AvgIpc) is 3.14. The van der Waals surface area contributed by atoms with Gasteiger partial charge in [0.1, 0.15) is 5.00 Å². The van der Waals surface area contributed by atoms with E-state index in [1.165, 1.54) is 22.5 Å². The number of carbonyl (C=O) groups is 2. The van der Waals surface area contributed by atoms with Crippen LogP contribution in [-0.4, -0.2) is 18.5 Å². The van der Waals surface area contributed by atoms with Crippen molar-refractivity contribution in [3.05, 3.63) is 40.2 Å². The summed E-state index contributed by atoms with van der Waals surface area (Å²) in [6.07, 6.45) is 4.32. The summed E-state index contributed by atoms with van der Waals surface area (Å²) >= 11 is 1.47. The summed E-state index contributed by atoms with van der Waals surface area (Å²) in [5, 5.41) is 3.37. The van der Waals surface area contributed by atoms with Gasteiger partial charge in [-0.25, -0.2) is 4.79 Å². The van der Waals surface area contributed by atoms with Crippen molar-refractivity contribution in [2.45, 2.75) is 33.1 Å². The van der Waals surface area contributed by atoms with E-state index in [0.29, 0.717) is 23.1 Å². The fourth-order valence-electron chi connectivity index (χ4n) is 2.84. The first-order chi connectivity index (χ1) is 11.1. The third kappa shape index (κ3) is 3.17. The SMILES string of the molecule is CCOC(=O)c1c(NC(=O)c2ccco2)sc2c1CC(C)CC2. The van der Waals surface area contributed by atoms with Crippen molar-refractivity contribution in [2.24, 2.45) is 5.92 Å². The molecule has 2 heterocycles. The van der Waals surface area contributed by atoms with E-state index in [2.05, 4.69) is 12.2 Å². The Morgan fingerprint density at radius 1 is 1.48 bits per heavy atom. The zero-order valence-electron chi connectivity index (χ0n) is 13.2. The lowest BCUT2D eigenvalue weighted by Gasteiger charge is -2.18. The lowest BCUT2D eigenvalue weighted by molar-refractivity contribution is 0.0526. The van der Waals surface area contributed by atoms with Gasteiger partial charge in [0.05, 0.1) is 18.4 Å². The van der Waals surface area contributed by atoms with Crippen LogP contribution in [0.15, 0.2) is 22.8 Å². The van der Waals surface area contributed by atoms with Gasteiger partial charge in [-0.2, -0.15) is 0 Å². The van der Waals surface area contributed by atoms with E-state index in [1.807, 2.05) is 0 Å². The Balaban J connectivity index is 1.95. The van der Waals surface area contributed by atoms with Gasteiger partial charge in [-0.1, -0.05) is 6.92 Å². The Bertz CT molecular complexity index is 717. The smallest absolute Gasteiger partial charge is 0.341 e. The first-order valence-electron chi connectivity index (χ1n) is 7.76. The summed E-state index contributed by atoms with van der Waals surface area (Å²) < 4.78 is 10.3. The number of rotatable bonds is 4. The van der Waals surface area contributed by atoms with E-state index in [9.17, 15) is 9.59 Å². The minimum atomic E-state index is -0.367. The molecule has 23 heavy (non-hydrogen) atoms. The highest BCUT2D eigenvalue weighted by Crippen LogP contribution is 2.40. The number of aryl methyl sites for hydroxylation is 1. The molecule has 2 aromatic rings. The summed E-state index contributed by atoms with van der Waals surface area (Å²) in [6.45, 7) is 4.27. The number of anilines is 1. The molecule has 5 nitrogen and oxygen atoms in total. The first kappa shape index (κ1) is 15.8. The van der Waals surface area contributed by atoms with E-state index >= 15 is 0 Å². The van der Waals surface area contributed by atoms with Crippen LogP contribution in [0.4, 0.5) is 5.00 Å². The standard InChI is InChI=1S/C17H19NO4S/c1-3-21-17(20)14-11-9-10(2)6-7-13(11)23-16(14)18-15(19)12-5-4-8-22-12/h4-5,8,10H,3,6-7,9H2,1-2H3,(H,18,19). The number of esters is 1. The van der Waals surface area contributed by atoms with Crippen molar-refractivity contribution in [2.75, 3.05) is 11.9 Å². The molecule has 1 aliphatic rings. The molecule has 1 amide bonds. The Morgan fingerprint density at radius 3 is 3.00 bits per heavy atom. The lowest BCUT2D eigenvalue weighted by Crippen LogP contribution is -2.17. The highest BCUT2D eigenvalue weighted by Gasteiger charge is 2.29. The highest BCUT2D eigenvalue weighted by atomic mass is 32.1. The van der Waals surface area contributed by atoms with Gasteiger partial charge in [-0.3, -0.25) is 4.79 Å². The minimum Gasteiger partial charge on any atom is -0.462 e. The molecule has 0 saturated heterocycles. The van der Waals surface area contributed by atoms with Crippen LogP contribution in [-0.2, 0) is 17.6 Å². The maximum atomic E-state index is 12.4.